The van der Waals surface area contributed by atoms with E-state index in [1.54, 1.807) is 53.5 Å². The Kier molecular flexibility index (Phi) is 7.25. The van der Waals surface area contributed by atoms with E-state index in [4.69, 9.17) is 21.4 Å². The lowest BCUT2D eigenvalue weighted by Crippen LogP contribution is -2.25. The molecule has 5 rings (SSSR count). The number of halogens is 2. The molecule has 37 heavy (non-hydrogen) atoms. The summed E-state index contributed by atoms with van der Waals surface area (Å²) in [5.74, 6) is -0.533. The van der Waals surface area contributed by atoms with Gasteiger partial charge in [-0.1, -0.05) is 59.8 Å². The summed E-state index contributed by atoms with van der Waals surface area (Å²) >= 11 is 7.24. The van der Waals surface area contributed by atoms with Crippen molar-refractivity contribution in [1.29, 1.82) is 0 Å². The van der Waals surface area contributed by atoms with E-state index < -0.39 is 11.2 Å². The van der Waals surface area contributed by atoms with Gasteiger partial charge in [-0.05, 0) is 47.5 Å². The molecule has 0 bridgehead atoms. The largest absolute Gasteiger partial charge is 0.495 e. The fraction of sp³-hybridized carbons (Fsp3) is 0.185. The van der Waals surface area contributed by atoms with Gasteiger partial charge in [-0.2, -0.15) is 10.1 Å². The topological polar surface area (TPSA) is 83.4 Å². The summed E-state index contributed by atoms with van der Waals surface area (Å²) in [4.78, 5) is 29.7. The van der Waals surface area contributed by atoms with Crippen LogP contribution in [0.3, 0.4) is 0 Å². The lowest BCUT2D eigenvalue weighted by Gasteiger charge is -2.23. The summed E-state index contributed by atoms with van der Waals surface area (Å²) in [7, 11) is 1.52. The third-order valence-corrected chi connectivity index (χ3v) is 7.41. The van der Waals surface area contributed by atoms with Crippen molar-refractivity contribution in [1.82, 2.24) is 5.01 Å². The Hall–Kier alpha value is -3.69. The fourth-order valence-electron chi connectivity index (χ4n) is 4.17. The second-order valence-corrected chi connectivity index (χ2v) is 10.1. The summed E-state index contributed by atoms with van der Waals surface area (Å²) in [6, 6.07) is 20.3. The van der Waals surface area contributed by atoms with E-state index in [1.165, 1.54) is 31.0 Å². The molecule has 0 radical (unpaired) electrons. The van der Waals surface area contributed by atoms with E-state index in [0.717, 1.165) is 16.8 Å². The Morgan fingerprint density at radius 3 is 2.59 bits per heavy atom. The number of nitrogens with one attached hydrogen (secondary N) is 1. The molecule has 0 fully saturated rings. The highest BCUT2D eigenvalue weighted by Crippen LogP contribution is 2.39. The van der Waals surface area contributed by atoms with Crippen molar-refractivity contribution in [3.8, 4) is 5.75 Å². The summed E-state index contributed by atoms with van der Waals surface area (Å²) in [5, 5.41) is 9.60. The minimum Gasteiger partial charge on any atom is -0.495 e. The molecule has 2 heterocycles. The molecule has 3 aromatic carbocycles. The second-order valence-electron chi connectivity index (χ2n) is 8.46. The predicted molar refractivity (Wildman–Crippen MR) is 144 cm³/mol. The van der Waals surface area contributed by atoms with Crippen LogP contribution in [0.15, 0.2) is 82.9 Å². The van der Waals surface area contributed by atoms with Crippen molar-refractivity contribution in [2.24, 2.45) is 10.1 Å². The highest BCUT2D eigenvalue weighted by molar-refractivity contribution is 8.15. The molecule has 2 aliphatic rings. The van der Waals surface area contributed by atoms with Crippen LogP contribution in [-0.2, 0) is 9.59 Å². The Morgan fingerprint density at radius 1 is 1.14 bits per heavy atom. The van der Waals surface area contributed by atoms with E-state index in [0.29, 0.717) is 28.0 Å². The van der Waals surface area contributed by atoms with Gasteiger partial charge in [0, 0.05) is 17.9 Å². The van der Waals surface area contributed by atoms with Gasteiger partial charge in [-0.25, -0.2) is 9.40 Å². The van der Waals surface area contributed by atoms with Gasteiger partial charge in [0.05, 0.1) is 24.6 Å². The van der Waals surface area contributed by atoms with Gasteiger partial charge >= 0.3 is 0 Å². The van der Waals surface area contributed by atoms with Gasteiger partial charge < -0.3 is 10.1 Å². The molecule has 0 saturated carbocycles. The smallest absolute Gasteiger partial charge is 0.262 e. The van der Waals surface area contributed by atoms with Gasteiger partial charge in [0.1, 0.15) is 16.8 Å². The molecule has 188 valence electrons. The first-order chi connectivity index (χ1) is 17.9. The number of para-hydroxylation sites is 2. The minimum absolute atomic E-state index is 0.0582. The number of carbonyl (C=O) groups excluding carboxylic acids is 2. The average molecular weight is 537 g/mol. The molecule has 2 amide bonds. The number of ether oxygens (including phenoxy) is 1. The zero-order valence-corrected chi connectivity index (χ0v) is 21.3. The molecule has 3 aromatic rings. The van der Waals surface area contributed by atoms with Gasteiger partial charge in [-0.3, -0.25) is 9.59 Å². The number of aliphatic imine (C=N–C) groups is 1. The molecule has 0 saturated heterocycles. The van der Waals surface area contributed by atoms with Crippen LogP contribution in [0, 0.1) is 5.82 Å². The van der Waals surface area contributed by atoms with E-state index >= 15 is 0 Å². The van der Waals surface area contributed by atoms with E-state index in [2.05, 4.69) is 10.3 Å². The number of carbonyl (C=O) groups is 2. The highest BCUT2D eigenvalue weighted by Gasteiger charge is 2.39. The van der Waals surface area contributed by atoms with Crippen LogP contribution in [0.25, 0.3) is 0 Å². The molecule has 0 spiro atoms. The minimum atomic E-state index is -0.687. The number of thioether (sulfide) groups is 1. The molecular weight excluding hydrogens is 515 g/mol. The molecule has 0 unspecified atom stereocenters. The number of anilines is 1. The number of benzene rings is 3. The summed E-state index contributed by atoms with van der Waals surface area (Å²) in [6.45, 7) is 0. The third-order valence-electron chi connectivity index (χ3n) is 6.02. The predicted octanol–water partition coefficient (Wildman–Crippen LogP) is 5.67. The van der Waals surface area contributed by atoms with Crippen LogP contribution < -0.4 is 10.1 Å². The summed E-state index contributed by atoms with van der Waals surface area (Å²) < 4.78 is 18.9. The van der Waals surface area contributed by atoms with Crippen LogP contribution in [0.1, 0.15) is 30.0 Å². The van der Waals surface area contributed by atoms with Crippen LogP contribution in [0.5, 0.6) is 5.75 Å². The Bertz CT molecular complexity index is 1400. The fourth-order valence-corrected chi connectivity index (χ4v) is 5.36. The Labute approximate surface area is 222 Å². The first kappa shape index (κ1) is 25.0. The van der Waals surface area contributed by atoms with Crippen LogP contribution in [-0.4, -0.2) is 40.1 Å². The normalized spacial score (nSPS) is 19.0. The van der Waals surface area contributed by atoms with Crippen LogP contribution in [0.2, 0.25) is 5.02 Å². The SMILES string of the molecule is COc1ccccc1NC(=O)C[C@@H]1SC(N2N=C(c3ccc(Cl)cc3)C[C@H]2c2ccc(F)cc2)=NC1=O. The first-order valence-corrected chi connectivity index (χ1v) is 12.8. The maximum absolute atomic E-state index is 13.6. The van der Waals surface area contributed by atoms with E-state index in [-0.39, 0.29) is 24.2 Å². The molecule has 2 aliphatic heterocycles. The van der Waals surface area contributed by atoms with Crippen LogP contribution >= 0.6 is 23.4 Å². The summed E-state index contributed by atoms with van der Waals surface area (Å²) in [5.41, 5.74) is 3.04. The van der Waals surface area contributed by atoms with E-state index in [1.807, 2.05) is 12.1 Å². The number of hydrogen-bond acceptors (Lipinski definition) is 6. The standard InChI is InChI=1S/C27H22ClFN4O3S/c1-36-23-5-3-2-4-20(23)30-25(34)15-24-26(35)31-27(37-24)33-22(17-8-12-19(29)13-9-17)14-21(32-33)16-6-10-18(28)11-7-16/h2-13,22,24H,14-15H2,1H3,(H,30,34)/t22-,24-/m0/s1. The zero-order chi connectivity index (χ0) is 25.9. The molecule has 1 N–H and O–H groups in total. The molecule has 0 aliphatic carbocycles. The number of methoxy groups -OCH3 is 1. The number of amides is 2. The highest BCUT2D eigenvalue weighted by atomic mass is 35.5. The number of hydrazone groups is 1. The van der Waals surface area contributed by atoms with Crippen molar-refractivity contribution in [3.63, 3.8) is 0 Å². The number of rotatable bonds is 6. The molecular formula is C27H22ClFN4O3S. The average Bonchev–Trinajstić information content (AvgIpc) is 3.49. The number of nitrogens with zero attached hydrogens (tertiary/aromatic N) is 3. The van der Waals surface area contributed by atoms with Crippen molar-refractivity contribution in [2.45, 2.75) is 24.1 Å². The van der Waals surface area contributed by atoms with Crippen molar-refractivity contribution in [2.75, 3.05) is 12.4 Å². The lowest BCUT2D eigenvalue weighted by atomic mass is 9.98. The third kappa shape index (κ3) is 5.52. The van der Waals surface area contributed by atoms with Crippen LogP contribution in [0.4, 0.5) is 10.1 Å². The first-order valence-electron chi connectivity index (χ1n) is 11.5. The molecule has 7 nitrogen and oxygen atoms in total. The molecule has 2 atom stereocenters. The lowest BCUT2D eigenvalue weighted by molar-refractivity contribution is -0.121. The Balaban J connectivity index is 1.35. The van der Waals surface area contributed by atoms with Gasteiger partial charge in [0.15, 0.2) is 5.17 Å². The quantitative estimate of drug-likeness (QED) is 0.439. The van der Waals surface area contributed by atoms with Gasteiger partial charge in [-0.15, -0.1) is 0 Å². The zero-order valence-electron chi connectivity index (χ0n) is 19.7. The second kappa shape index (κ2) is 10.7. The summed E-state index contributed by atoms with van der Waals surface area (Å²) in [6.07, 6.45) is 0.470. The van der Waals surface area contributed by atoms with Gasteiger partial charge in [0.2, 0.25) is 5.91 Å². The van der Waals surface area contributed by atoms with E-state index in [9.17, 15) is 14.0 Å². The number of amidine groups is 1. The van der Waals surface area contributed by atoms with Crippen molar-refractivity contribution >= 4 is 51.7 Å². The molecule has 0 aromatic heterocycles. The molecule has 10 heteroatoms. The number of hydrogen-bond donors (Lipinski definition) is 1. The maximum atomic E-state index is 13.6. The van der Waals surface area contributed by atoms with Crippen molar-refractivity contribution < 1.29 is 18.7 Å². The van der Waals surface area contributed by atoms with Crippen molar-refractivity contribution in [3.05, 3.63) is 94.8 Å². The Morgan fingerprint density at radius 2 is 1.86 bits per heavy atom. The van der Waals surface area contributed by atoms with Gasteiger partial charge in [0.25, 0.3) is 5.91 Å². The maximum Gasteiger partial charge on any atom is 0.262 e. The monoisotopic (exact) mass is 536 g/mol.